The predicted molar refractivity (Wildman–Crippen MR) is 48.7 cm³/mol. The second kappa shape index (κ2) is 2.44. The van der Waals surface area contributed by atoms with Crippen molar-refractivity contribution in [2.24, 2.45) is 5.41 Å². The van der Waals surface area contributed by atoms with Crippen LogP contribution in [-0.4, -0.2) is 5.78 Å². The van der Waals surface area contributed by atoms with Crippen LogP contribution in [0, 0.1) is 5.41 Å². The Kier molecular flexibility index (Phi) is 1.53. The highest BCUT2D eigenvalue weighted by molar-refractivity contribution is 6.00. The molecule has 2 rings (SSSR count). The second-order valence-corrected chi connectivity index (χ2v) is 3.73. The van der Waals surface area contributed by atoms with E-state index in [0.717, 1.165) is 19.3 Å². The Morgan fingerprint density at radius 2 is 2.00 bits per heavy atom. The van der Waals surface area contributed by atoms with Gasteiger partial charge in [0.1, 0.15) is 0 Å². The molecule has 0 radical (unpaired) electrons. The van der Waals surface area contributed by atoms with E-state index in [1.807, 2.05) is 12.2 Å². The van der Waals surface area contributed by atoms with E-state index in [1.165, 1.54) is 5.57 Å². The summed E-state index contributed by atoms with van der Waals surface area (Å²) in [6.07, 6.45) is 10.7. The summed E-state index contributed by atoms with van der Waals surface area (Å²) in [5.74, 6) is 0.109. The summed E-state index contributed by atoms with van der Waals surface area (Å²) in [5.41, 5.74) is 1.45. The second-order valence-electron chi connectivity index (χ2n) is 3.73. The molecular weight excluding hydrogens is 148 g/mol. The normalized spacial score (nSPS) is 25.7. The molecule has 1 fully saturated rings. The minimum atomic E-state index is 0.109. The molecule has 62 valence electrons. The van der Waals surface area contributed by atoms with Gasteiger partial charge in [-0.25, -0.2) is 0 Å². The zero-order valence-electron chi connectivity index (χ0n) is 7.05. The molecule has 0 aromatic heterocycles. The zero-order valence-corrected chi connectivity index (χ0v) is 7.05. The molecule has 0 aromatic carbocycles. The van der Waals surface area contributed by atoms with E-state index in [1.54, 1.807) is 12.2 Å². The first-order chi connectivity index (χ1) is 5.70. The highest BCUT2D eigenvalue weighted by Crippen LogP contribution is 2.44. The third-order valence-corrected chi connectivity index (χ3v) is 2.68. The average Bonchev–Trinajstić information content (AvgIpc) is 2.40. The molecule has 0 atom stereocenters. The van der Waals surface area contributed by atoms with Crippen molar-refractivity contribution in [1.29, 1.82) is 0 Å². The summed E-state index contributed by atoms with van der Waals surface area (Å²) >= 11 is 0. The third-order valence-electron chi connectivity index (χ3n) is 2.68. The van der Waals surface area contributed by atoms with Crippen LogP contribution >= 0.6 is 0 Å². The summed E-state index contributed by atoms with van der Waals surface area (Å²) in [5, 5.41) is 0. The molecule has 0 saturated heterocycles. The van der Waals surface area contributed by atoms with Gasteiger partial charge in [0.15, 0.2) is 5.78 Å². The van der Waals surface area contributed by atoms with Crippen LogP contribution in [0.4, 0.5) is 0 Å². The smallest absolute Gasteiger partial charge is 0.178 e. The van der Waals surface area contributed by atoms with Crippen molar-refractivity contribution in [3.63, 3.8) is 0 Å². The van der Waals surface area contributed by atoms with Gasteiger partial charge in [-0.2, -0.15) is 0 Å². The van der Waals surface area contributed by atoms with Crippen LogP contribution in [0.15, 0.2) is 36.5 Å². The molecule has 0 bridgehead atoms. The van der Waals surface area contributed by atoms with Gasteiger partial charge in [0.05, 0.1) is 0 Å². The summed E-state index contributed by atoms with van der Waals surface area (Å²) < 4.78 is 0. The Labute approximate surface area is 72.5 Å². The minimum absolute atomic E-state index is 0.109. The van der Waals surface area contributed by atoms with Crippen molar-refractivity contribution in [1.82, 2.24) is 0 Å². The number of carbonyl (C=O) groups is 1. The number of hydrogen-bond acceptors (Lipinski definition) is 1. The van der Waals surface area contributed by atoms with Crippen molar-refractivity contribution in [2.45, 2.75) is 19.3 Å². The number of carbonyl (C=O) groups excluding carboxylic acids is 1. The molecule has 0 N–H and O–H groups in total. The molecule has 0 amide bonds. The number of ketones is 1. The number of hydrogen-bond donors (Lipinski definition) is 0. The lowest BCUT2D eigenvalue weighted by atomic mass is 9.82. The molecule has 1 heteroatoms. The first-order valence-corrected chi connectivity index (χ1v) is 4.29. The molecule has 2 aliphatic carbocycles. The first-order valence-electron chi connectivity index (χ1n) is 4.29. The SMILES string of the molecule is C=C1CCC2(C=CC(=O)C=C2)C1. The van der Waals surface area contributed by atoms with Gasteiger partial charge in [0.2, 0.25) is 0 Å². The van der Waals surface area contributed by atoms with Crippen LogP contribution in [0.5, 0.6) is 0 Å². The lowest BCUT2D eigenvalue weighted by molar-refractivity contribution is -0.110. The zero-order chi connectivity index (χ0) is 8.60. The van der Waals surface area contributed by atoms with Crippen LogP contribution in [-0.2, 0) is 4.79 Å². The monoisotopic (exact) mass is 160 g/mol. The van der Waals surface area contributed by atoms with E-state index in [9.17, 15) is 4.79 Å². The molecule has 1 saturated carbocycles. The molecule has 12 heavy (non-hydrogen) atoms. The van der Waals surface area contributed by atoms with Gasteiger partial charge in [0.25, 0.3) is 0 Å². The van der Waals surface area contributed by atoms with Gasteiger partial charge in [-0.05, 0) is 31.4 Å². The van der Waals surface area contributed by atoms with E-state index < -0.39 is 0 Å². The third kappa shape index (κ3) is 1.15. The van der Waals surface area contributed by atoms with Crippen LogP contribution < -0.4 is 0 Å². The average molecular weight is 160 g/mol. The fraction of sp³-hybridized carbons (Fsp3) is 0.364. The predicted octanol–water partition coefficient (Wildman–Crippen LogP) is 2.41. The van der Waals surface area contributed by atoms with Crippen molar-refractivity contribution in [3.8, 4) is 0 Å². The van der Waals surface area contributed by atoms with Crippen LogP contribution in [0.2, 0.25) is 0 Å². The first kappa shape index (κ1) is 7.53. The summed E-state index contributed by atoms with van der Waals surface area (Å²) in [6, 6.07) is 0. The Morgan fingerprint density at radius 1 is 1.33 bits per heavy atom. The van der Waals surface area contributed by atoms with Gasteiger partial charge in [0, 0.05) is 5.41 Å². The van der Waals surface area contributed by atoms with Gasteiger partial charge < -0.3 is 0 Å². The van der Waals surface area contributed by atoms with Crippen LogP contribution in [0.1, 0.15) is 19.3 Å². The molecular formula is C11H12O. The largest absolute Gasteiger partial charge is 0.290 e. The Morgan fingerprint density at radius 3 is 2.50 bits per heavy atom. The summed E-state index contributed by atoms with van der Waals surface area (Å²) in [7, 11) is 0. The van der Waals surface area contributed by atoms with Crippen molar-refractivity contribution < 1.29 is 4.79 Å². The van der Waals surface area contributed by atoms with Gasteiger partial charge >= 0.3 is 0 Å². The van der Waals surface area contributed by atoms with E-state index in [0.29, 0.717) is 0 Å². The Hall–Kier alpha value is -1.11. The molecule has 0 aliphatic heterocycles. The fourth-order valence-corrected chi connectivity index (χ4v) is 1.94. The Bertz CT molecular complexity index is 278. The maximum atomic E-state index is 10.9. The minimum Gasteiger partial charge on any atom is -0.290 e. The molecule has 0 heterocycles. The van der Waals surface area contributed by atoms with E-state index in [4.69, 9.17) is 0 Å². The topological polar surface area (TPSA) is 17.1 Å². The van der Waals surface area contributed by atoms with Crippen LogP contribution in [0.25, 0.3) is 0 Å². The van der Waals surface area contributed by atoms with E-state index in [2.05, 4.69) is 6.58 Å². The van der Waals surface area contributed by atoms with Crippen molar-refractivity contribution in [2.75, 3.05) is 0 Å². The molecule has 2 aliphatic rings. The molecule has 1 spiro atoms. The quantitative estimate of drug-likeness (QED) is 0.497. The van der Waals surface area contributed by atoms with E-state index in [-0.39, 0.29) is 11.2 Å². The fourth-order valence-electron chi connectivity index (χ4n) is 1.94. The standard InChI is InChI=1S/C11H12O/c1-9-2-5-11(8-9)6-3-10(12)4-7-11/h3-4,6-7H,1-2,5,8H2. The van der Waals surface area contributed by atoms with Gasteiger partial charge in [-0.15, -0.1) is 0 Å². The number of allylic oxidation sites excluding steroid dienone is 5. The number of rotatable bonds is 0. The maximum Gasteiger partial charge on any atom is 0.178 e. The summed E-state index contributed by atoms with van der Waals surface area (Å²) in [4.78, 5) is 10.9. The molecule has 1 nitrogen and oxygen atoms in total. The van der Waals surface area contributed by atoms with Crippen LogP contribution in [0.3, 0.4) is 0 Å². The molecule has 0 aromatic rings. The van der Waals surface area contributed by atoms with Crippen molar-refractivity contribution >= 4 is 5.78 Å². The van der Waals surface area contributed by atoms with Crippen molar-refractivity contribution in [3.05, 3.63) is 36.5 Å². The lowest BCUT2D eigenvalue weighted by Crippen LogP contribution is -2.13. The van der Waals surface area contributed by atoms with Gasteiger partial charge in [-0.3, -0.25) is 4.79 Å². The maximum absolute atomic E-state index is 10.9. The summed E-state index contributed by atoms with van der Waals surface area (Å²) in [6.45, 7) is 3.97. The van der Waals surface area contributed by atoms with Gasteiger partial charge in [-0.1, -0.05) is 24.3 Å². The lowest BCUT2D eigenvalue weighted by Gasteiger charge is -2.21. The highest BCUT2D eigenvalue weighted by Gasteiger charge is 2.32. The highest BCUT2D eigenvalue weighted by atomic mass is 16.1. The van der Waals surface area contributed by atoms with E-state index >= 15 is 0 Å². The molecule has 0 unspecified atom stereocenters. The Balaban J connectivity index is 2.25.